The summed E-state index contributed by atoms with van der Waals surface area (Å²) in [7, 11) is 1.75. The SMILES string of the molecule is CC[C@H](N)C(=O)N(C)Cc1ccc2c(c1)OCO2.Cl. The molecule has 1 aromatic carbocycles. The van der Waals surface area contributed by atoms with E-state index in [9.17, 15) is 4.79 Å². The van der Waals surface area contributed by atoms with Crippen LogP contribution in [0.5, 0.6) is 11.5 Å². The fourth-order valence-corrected chi connectivity index (χ4v) is 1.85. The van der Waals surface area contributed by atoms with Gasteiger partial charge in [0.05, 0.1) is 6.04 Å². The lowest BCUT2D eigenvalue weighted by Crippen LogP contribution is -2.40. The third kappa shape index (κ3) is 3.52. The van der Waals surface area contributed by atoms with Gasteiger partial charge in [-0.1, -0.05) is 13.0 Å². The van der Waals surface area contributed by atoms with Crippen LogP contribution < -0.4 is 15.2 Å². The fraction of sp³-hybridized carbons (Fsp3) is 0.462. The second-order valence-corrected chi connectivity index (χ2v) is 4.40. The quantitative estimate of drug-likeness (QED) is 0.912. The maximum absolute atomic E-state index is 11.9. The highest BCUT2D eigenvalue weighted by Gasteiger charge is 2.18. The second-order valence-electron chi connectivity index (χ2n) is 4.40. The monoisotopic (exact) mass is 286 g/mol. The minimum Gasteiger partial charge on any atom is -0.454 e. The third-order valence-electron chi connectivity index (χ3n) is 2.99. The number of rotatable bonds is 4. The van der Waals surface area contributed by atoms with Gasteiger partial charge in [-0.25, -0.2) is 0 Å². The zero-order valence-electron chi connectivity index (χ0n) is 11.1. The van der Waals surface area contributed by atoms with E-state index in [1.54, 1.807) is 11.9 Å². The zero-order chi connectivity index (χ0) is 13.1. The molecule has 2 N–H and O–H groups in total. The third-order valence-corrected chi connectivity index (χ3v) is 2.99. The van der Waals surface area contributed by atoms with E-state index in [1.807, 2.05) is 25.1 Å². The van der Waals surface area contributed by atoms with Crippen molar-refractivity contribution in [3.05, 3.63) is 23.8 Å². The molecule has 1 aliphatic rings. The summed E-state index contributed by atoms with van der Waals surface area (Å²) in [6.07, 6.45) is 0.643. The highest BCUT2D eigenvalue weighted by atomic mass is 35.5. The molecule has 0 fully saturated rings. The van der Waals surface area contributed by atoms with Gasteiger partial charge in [-0.2, -0.15) is 0 Å². The first-order valence-corrected chi connectivity index (χ1v) is 6.01. The molecule has 1 atom stereocenters. The largest absolute Gasteiger partial charge is 0.454 e. The Bertz CT molecular complexity index is 454. The number of carbonyl (C=O) groups excluding carboxylic acids is 1. The number of benzene rings is 1. The molecule has 0 aromatic heterocycles. The van der Waals surface area contributed by atoms with Crippen molar-refractivity contribution in [3.63, 3.8) is 0 Å². The normalized spacial score (nSPS) is 13.6. The van der Waals surface area contributed by atoms with Gasteiger partial charge >= 0.3 is 0 Å². The van der Waals surface area contributed by atoms with Crippen molar-refractivity contribution in [2.45, 2.75) is 25.9 Å². The van der Waals surface area contributed by atoms with Crippen LogP contribution in [0.3, 0.4) is 0 Å². The van der Waals surface area contributed by atoms with Gasteiger partial charge in [0.25, 0.3) is 0 Å². The number of nitrogens with zero attached hydrogens (tertiary/aromatic N) is 1. The number of fused-ring (bicyclic) bond motifs is 1. The lowest BCUT2D eigenvalue weighted by Gasteiger charge is -2.20. The molecule has 19 heavy (non-hydrogen) atoms. The lowest BCUT2D eigenvalue weighted by atomic mass is 10.1. The van der Waals surface area contributed by atoms with Gasteiger partial charge in [0, 0.05) is 13.6 Å². The molecular weight excluding hydrogens is 268 g/mol. The predicted octanol–water partition coefficient (Wildman–Crippen LogP) is 1.53. The van der Waals surface area contributed by atoms with Gasteiger partial charge in [-0.05, 0) is 24.1 Å². The van der Waals surface area contributed by atoms with Crippen LogP contribution in [0.25, 0.3) is 0 Å². The number of hydrogen-bond acceptors (Lipinski definition) is 4. The van der Waals surface area contributed by atoms with Crippen LogP contribution in [0.2, 0.25) is 0 Å². The molecule has 1 amide bonds. The van der Waals surface area contributed by atoms with Crippen molar-refractivity contribution in [2.75, 3.05) is 13.8 Å². The van der Waals surface area contributed by atoms with Gasteiger partial charge < -0.3 is 20.1 Å². The molecule has 2 rings (SSSR count). The van der Waals surface area contributed by atoms with E-state index in [-0.39, 0.29) is 25.1 Å². The number of ether oxygens (including phenoxy) is 2. The summed E-state index contributed by atoms with van der Waals surface area (Å²) in [4.78, 5) is 13.5. The minimum atomic E-state index is -0.427. The summed E-state index contributed by atoms with van der Waals surface area (Å²) in [6, 6.07) is 5.25. The van der Waals surface area contributed by atoms with Crippen molar-refractivity contribution in [1.29, 1.82) is 0 Å². The number of hydrogen-bond donors (Lipinski definition) is 1. The van der Waals surface area contributed by atoms with Crippen molar-refractivity contribution < 1.29 is 14.3 Å². The van der Waals surface area contributed by atoms with Crippen molar-refractivity contribution in [2.24, 2.45) is 5.73 Å². The van der Waals surface area contributed by atoms with Crippen molar-refractivity contribution in [1.82, 2.24) is 4.90 Å². The van der Waals surface area contributed by atoms with Crippen LogP contribution in [0.15, 0.2) is 18.2 Å². The molecule has 0 unspecified atom stereocenters. The molecular formula is C13H19ClN2O3. The van der Waals surface area contributed by atoms with Gasteiger partial charge in [0.2, 0.25) is 12.7 Å². The Balaban J connectivity index is 0.00000180. The first-order valence-electron chi connectivity index (χ1n) is 6.01. The summed E-state index contributed by atoms with van der Waals surface area (Å²) < 4.78 is 10.5. The topological polar surface area (TPSA) is 64.8 Å². The molecule has 6 heteroatoms. The molecule has 0 saturated carbocycles. The van der Waals surface area contributed by atoms with Crippen LogP contribution in [-0.2, 0) is 11.3 Å². The smallest absolute Gasteiger partial charge is 0.239 e. The second kappa shape index (κ2) is 6.63. The van der Waals surface area contributed by atoms with E-state index in [1.165, 1.54) is 0 Å². The number of nitrogens with two attached hydrogens (primary N) is 1. The Kier molecular flexibility index (Phi) is 5.44. The fourth-order valence-electron chi connectivity index (χ4n) is 1.85. The average Bonchev–Trinajstić information content (AvgIpc) is 2.84. The molecule has 0 saturated heterocycles. The number of amides is 1. The van der Waals surface area contributed by atoms with Crippen molar-refractivity contribution >= 4 is 18.3 Å². The number of carbonyl (C=O) groups is 1. The summed E-state index contributed by atoms with van der Waals surface area (Å²) in [5, 5.41) is 0. The first kappa shape index (κ1) is 15.6. The standard InChI is InChI=1S/C13H18N2O3.ClH/c1-3-10(14)13(16)15(2)7-9-4-5-11-12(6-9)18-8-17-11;/h4-6,10H,3,7-8,14H2,1-2H3;1H/t10-;/m0./s1. The van der Waals surface area contributed by atoms with Crippen LogP contribution in [-0.4, -0.2) is 30.7 Å². The van der Waals surface area contributed by atoms with E-state index in [0.717, 1.165) is 17.1 Å². The molecule has 106 valence electrons. The van der Waals surface area contributed by atoms with E-state index >= 15 is 0 Å². The Hall–Kier alpha value is -1.46. The van der Waals surface area contributed by atoms with Crippen LogP contribution in [0, 0.1) is 0 Å². The number of likely N-dealkylation sites (N-methyl/N-ethyl adjacent to an activating group) is 1. The highest BCUT2D eigenvalue weighted by molar-refractivity contribution is 5.85. The molecule has 0 aliphatic carbocycles. The van der Waals surface area contributed by atoms with Crippen LogP contribution >= 0.6 is 12.4 Å². The predicted molar refractivity (Wildman–Crippen MR) is 74.6 cm³/mol. The van der Waals surface area contributed by atoms with Crippen molar-refractivity contribution in [3.8, 4) is 11.5 Å². The van der Waals surface area contributed by atoms with Crippen LogP contribution in [0.4, 0.5) is 0 Å². The lowest BCUT2D eigenvalue weighted by molar-refractivity contribution is -0.131. The van der Waals surface area contributed by atoms with Crippen LogP contribution in [0.1, 0.15) is 18.9 Å². The average molecular weight is 287 g/mol. The maximum Gasteiger partial charge on any atom is 0.239 e. The highest BCUT2D eigenvalue weighted by Crippen LogP contribution is 2.32. The summed E-state index contributed by atoms with van der Waals surface area (Å²) in [6.45, 7) is 2.68. The molecule has 0 bridgehead atoms. The Morgan fingerprint density at radius 3 is 2.79 bits per heavy atom. The van der Waals surface area contributed by atoms with Gasteiger partial charge in [-0.3, -0.25) is 4.79 Å². The van der Waals surface area contributed by atoms with E-state index < -0.39 is 6.04 Å². The number of halogens is 1. The van der Waals surface area contributed by atoms with Gasteiger partial charge in [0.15, 0.2) is 11.5 Å². The molecule has 0 spiro atoms. The maximum atomic E-state index is 11.9. The molecule has 1 aliphatic heterocycles. The van der Waals surface area contributed by atoms with E-state index in [0.29, 0.717) is 13.0 Å². The first-order chi connectivity index (χ1) is 8.61. The Labute approximate surface area is 119 Å². The summed E-state index contributed by atoms with van der Waals surface area (Å²) in [5.74, 6) is 1.43. The Morgan fingerprint density at radius 1 is 1.42 bits per heavy atom. The van der Waals surface area contributed by atoms with E-state index in [4.69, 9.17) is 15.2 Å². The molecule has 1 aromatic rings. The summed E-state index contributed by atoms with van der Waals surface area (Å²) >= 11 is 0. The summed E-state index contributed by atoms with van der Waals surface area (Å²) in [5.41, 5.74) is 6.72. The van der Waals surface area contributed by atoms with E-state index in [2.05, 4.69) is 0 Å². The van der Waals surface area contributed by atoms with Gasteiger partial charge in [-0.15, -0.1) is 12.4 Å². The molecule has 0 radical (unpaired) electrons. The molecule has 5 nitrogen and oxygen atoms in total. The Morgan fingerprint density at radius 2 is 2.11 bits per heavy atom. The van der Waals surface area contributed by atoms with Gasteiger partial charge in [0.1, 0.15) is 0 Å². The molecule has 1 heterocycles. The minimum absolute atomic E-state index is 0. The zero-order valence-corrected chi connectivity index (χ0v) is 11.9.